The van der Waals surface area contributed by atoms with Crippen molar-refractivity contribution < 1.29 is 9.90 Å². The SMILES string of the molecule is CCC(C)C(=O)NCC(C)(C)O. The molecule has 0 saturated carbocycles. The van der Waals surface area contributed by atoms with Crippen LogP contribution in [0.2, 0.25) is 0 Å². The van der Waals surface area contributed by atoms with Crippen molar-refractivity contribution in [2.75, 3.05) is 6.54 Å². The van der Waals surface area contributed by atoms with Gasteiger partial charge in [-0.2, -0.15) is 0 Å². The van der Waals surface area contributed by atoms with Gasteiger partial charge in [0.05, 0.1) is 5.60 Å². The van der Waals surface area contributed by atoms with Gasteiger partial charge in [0.25, 0.3) is 0 Å². The molecule has 0 heterocycles. The van der Waals surface area contributed by atoms with E-state index in [0.29, 0.717) is 6.54 Å². The van der Waals surface area contributed by atoms with E-state index in [4.69, 9.17) is 0 Å². The molecular weight excluding hydrogens is 154 g/mol. The van der Waals surface area contributed by atoms with Gasteiger partial charge >= 0.3 is 0 Å². The molecule has 72 valence electrons. The van der Waals surface area contributed by atoms with Crippen molar-refractivity contribution in [3.05, 3.63) is 0 Å². The highest BCUT2D eigenvalue weighted by atomic mass is 16.3. The van der Waals surface area contributed by atoms with Gasteiger partial charge in [-0.15, -0.1) is 0 Å². The first-order chi connectivity index (χ1) is 5.37. The number of carbonyl (C=O) groups is 1. The third-order valence-electron chi connectivity index (χ3n) is 1.76. The Hall–Kier alpha value is -0.570. The molecule has 1 amide bonds. The summed E-state index contributed by atoms with van der Waals surface area (Å²) >= 11 is 0. The number of aliphatic hydroxyl groups is 1. The molecule has 3 nitrogen and oxygen atoms in total. The summed E-state index contributed by atoms with van der Waals surface area (Å²) in [5.41, 5.74) is -0.816. The number of carbonyl (C=O) groups excluding carboxylic acids is 1. The van der Waals surface area contributed by atoms with Crippen molar-refractivity contribution in [3.63, 3.8) is 0 Å². The number of rotatable bonds is 4. The monoisotopic (exact) mass is 173 g/mol. The molecule has 2 N–H and O–H groups in total. The van der Waals surface area contributed by atoms with Crippen molar-refractivity contribution in [1.29, 1.82) is 0 Å². The Kier molecular flexibility index (Phi) is 4.24. The first-order valence-electron chi connectivity index (χ1n) is 4.37. The van der Waals surface area contributed by atoms with Gasteiger partial charge in [-0.1, -0.05) is 13.8 Å². The van der Waals surface area contributed by atoms with Gasteiger partial charge in [0.1, 0.15) is 0 Å². The zero-order valence-electron chi connectivity index (χ0n) is 8.35. The number of nitrogens with one attached hydrogen (secondary N) is 1. The van der Waals surface area contributed by atoms with Crippen LogP contribution in [0.5, 0.6) is 0 Å². The van der Waals surface area contributed by atoms with E-state index < -0.39 is 5.60 Å². The summed E-state index contributed by atoms with van der Waals surface area (Å²) in [7, 11) is 0. The maximum atomic E-state index is 11.2. The molecule has 0 aromatic carbocycles. The van der Waals surface area contributed by atoms with Gasteiger partial charge in [-0.25, -0.2) is 0 Å². The minimum Gasteiger partial charge on any atom is -0.389 e. The largest absolute Gasteiger partial charge is 0.389 e. The standard InChI is InChI=1S/C9H19NO2/c1-5-7(2)8(11)10-6-9(3,4)12/h7,12H,5-6H2,1-4H3,(H,10,11). The topological polar surface area (TPSA) is 49.3 Å². The molecule has 0 saturated heterocycles. The van der Waals surface area contributed by atoms with E-state index in [-0.39, 0.29) is 11.8 Å². The highest BCUT2D eigenvalue weighted by Gasteiger charge is 2.16. The van der Waals surface area contributed by atoms with Crippen LogP contribution >= 0.6 is 0 Å². The Labute approximate surface area is 74.2 Å². The summed E-state index contributed by atoms with van der Waals surface area (Å²) in [4.78, 5) is 11.2. The average Bonchev–Trinajstić information content (AvgIpc) is 1.97. The summed E-state index contributed by atoms with van der Waals surface area (Å²) in [6.07, 6.45) is 0.831. The molecular formula is C9H19NO2. The lowest BCUT2D eigenvalue weighted by Gasteiger charge is -2.19. The molecule has 0 aromatic heterocycles. The van der Waals surface area contributed by atoms with Gasteiger partial charge in [0, 0.05) is 12.5 Å². The lowest BCUT2D eigenvalue weighted by Crippen LogP contribution is -2.40. The summed E-state index contributed by atoms with van der Waals surface area (Å²) in [5.74, 6) is 0.0481. The van der Waals surface area contributed by atoms with Crippen LogP contribution in [0, 0.1) is 5.92 Å². The third-order valence-corrected chi connectivity index (χ3v) is 1.76. The van der Waals surface area contributed by atoms with E-state index in [9.17, 15) is 9.90 Å². The minimum absolute atomic E-state index is 0.0135. The molecule has 0 fully saturated rings. The highest BCUT2D eigenvalue weighted by Crippen LogP contribution is 2.02. The van der Waals surface area contributed by atoms with E-state index in [1.807, 2.05) is 13.8 Å². The molecule has 0 spiro atoms. The summed E-state index contributed by atoms with van der Waals surface area (Å²) in [6.45, 7) is 7.50. The fourth-order valence-corrected chi connectivity index (χ4v) is 0.663. The lowest BCUT2D eigenvalue weighted by atomic mass is 10.1. The first kappa shape index (κ1) is 11.4. The number of amides is 1. The molecule has 0 aromatic rings. The Morgan fingerprint density at radius 2 is 2.08 bits per heavy atom. The zero-order valence-corrected chi connectivity index (χ0v) is 8.35. The molecule has 1 atom stereocenters. The lowest BCUT2D eigenvalue weighted by molar-refractivity contribution is -0.125. The van der Waals surface area contributed by atoms with Crippen LogP contribution in [0.25, 0.3) is 0 Å². The van der Waals surface area contributed by atoms with Crippen LogP contribution < -0.4 is 5.32 Å². The minimum atomic E-state index is -0.816. The fourth-order valence-electron chi connectivity index (χ4n) is 0.663. The van der Waals surface area contributed by atoms with Crippen LogP contribution in [-0.4, -0.2) is 23.2 Å². The summed E-state index contributed by atoms with van der Waals surface area (Å²) in [6, 6.07) is 0. The maximum absolute atomic E-state index is 11.2. The van der Waals surface area contributed by atoms with E-state index >= 15 is 0 Å². The predicted molar refractivity (Wildman–Crippen MR) is 48.8 cm³/mol. The normalized spacial score (nSPS) is 14.1. The van der Waals surface area contributed by atoms with Crippen molar-refractivity contribution in [1.82, 2.24) is 5.32 Å². The van der Waals surface area contributed by atoms with E-state index in [1.54, 1.807) is 13.8 Å². The van der Waals surface area contributed by atoms with Crippen LogP contribution in [0.15, 0.2) is 0 Å². The zero-order chi connectivity index (χ0) is 9.78. The van der Waals surface area contributed by atoms with Crippen molar-refractivity contribution in [2.45, 2.75) is 39.7 Å². The molecule has 0 rings (SSSR count). The van der Waals surface area contributed by atoms with Crippen molar-refractivity contribution in [2.24, 2.45) is 5.92 Å². The molecule has 0 aliphatic rings. The molecule has 0 aliphatic carbocycles. The van der Waals surface area contributed by atoms with E-state index in [1.165, 1.54) is 0 Å². The molecule has 3 heteroatoms. The van der Waals surface area contributed by atoms with E-state index in [2.05, 4.69) is 5.32 Å². The molecule has 0 bridgehead atoms. The fraction of sp³-hybridized carbons (Fsp3) is 0.889. The van der Waals surface area contributed by atoms with Gasteiger partial charge < -0.3 is 10.4 Å². The van der Waals surface area contributed by atoms with E-state index in [0.717, 1.165) is 6.42 Å². The number of hydrogen-bond donors (Lipinski definition) is 2. The second-order valence-corrected chi connectivity index (χ2v) is 3.84. The van der Waals surface area contributed by atoms with Crippen LogP contribution in [0.4, 0.5) is 0 Å². The third kappa shape index (κ3) is 5.13. The van der Waals surface area contributed by atoms with Gasteiger partial charge in [0.15, 0.2) is 0 Å². The molecule has 0 aliphatic heterocycles. The van der Waals surface area contributed by atoms with Gasteiger partial charge in [-0.05, 0) is 20.3 Å². The summed E-state index contributed by atoms with van der Waals surface area (Å²) in [5, 5.41) is 12.0. The van der Waals surface area contributed by atoms with Crippen molar-refractivity contribution >= 4 is 5.91 Å². The Balaban J connectivity index is 3.72. The quantitative estimate of drug-likeness (QED) is 0.664. The second-order valence-electron chi connectivity index (χ2n) is 3.84. The van der Waals surface area contributed by atoms with Crippen LogP contribution in [0.3, 0.4) is 0 Å². The average molecular weight is 173 g/mol. The van der Waals surface area contributed by atoms with Gasteiger partial charge in [-0.3, -0.25) is 4.79 Å². The number of hydrogen-bond acceptors (Lipinski definition) is 2. The molecule has 12 heavy (non-hydrogen) atoms. The Bertz CT molecular complexity index is 149. The Morgan fingerprint density at radius 3 is 2.42 bits per heavy atom. The molecule has 0 radical (unpaired) electrons. The summed E-state index contributed by atoms with van der Waals surface area (Å²) < 4.78 is 0. The Morgan fingerprint density at radius 1 is 1.58 bits per heavy atom. The maximum Gasteiger partial charge on any atom is 0.222 e. The molecule has 1 unspecified atom stereocenters. The van der Waals surface area contributed by atoms with Crippen LogP contribution in [-0.2, 0) is 4.79 Å². The second kappa shape index (κ2) is 4.45. The smallest absolute Gasteiger partial charge is 0.222 e. The van der Waals surface area contributed by atoms with Crippen LogP contribution in [0.1, 0.15) is 34.1 Å². The highest BCUT2D eigenvalue weighted by molar-refractivity contribution is 5.78. The first-order valence-corrected chi connectivity index (χ1v) is 4.37. The van der Waals surface area contributed by atoms with Gasteiger partial charge in [0.2, 0.25) is 5.91 Å². The predicted octanol–water partition coefficient (Wildman–Crippen LogP) is 0.920. The van der Waals surface area contributed by atoms with Crippen molar-refractivity contribution in [3.8, 4) is 0 Å².